The van der Waals surface area contributed by atoms with Crippen LogP contribution >= 0.6 is 23.1 Å². The van der Waals surface area contributed by atoms with Crippen LogP contribution in [-0.4, -0.2) is 54.7 Å². The van der Waals surface area contributed by atoms with Crippen LogP contribution in [0.5, 0.6) is 0 Å². The summed E-state index contributed by atoms with van der Waals surface area (Å²) in [6.07, 6.45) is 3.32. The second-order valence-corrected chi connectivity index (χ2v) is 9.64. The van der Waals surface area contributed by atoms with Gasteiger partial charge in [-0.2, -0.15) is 5.10 Å². The standard InChI is InChI=1S/C19H24N8OS2/c1-4-29-19-24-23-18(30-19)22-17(28)14-6-5-7-26(10-14)15-9-16(21-11-20-15)27-13(3)8-12(2)25-27/h8-9,11,14H,4-7,10H2,1-3H3,(H,22,23,28). The van der Waals surface area contributed by atoms with Gasteiger partial charge in [0.1, 0.15) is 12.1 Å². The maximum absolute atomic E-state index is 12.8. The number of aromatic nitrogens is 6. The number of carbonyl (C=O) groups excluding carboxylic acids is 1. The number of hydrogen-bond acceptors (Lipinski definition) is 9. The Morgan fingerprint density at radius 1 is 1.27 bits per heavy atom. The Kier molecular flexibility index (Phi) is 6.28. The largest absolute Gasteiger partial charge is 0.356 e. The van der Waals surface area contributed by atoms with Gasteiger partial charge in [-0.1, -0.05) is 30.0 Å². The average Bonchev–Trinajstić information content (AvgIpc) is 3.33. The lowest BCUT2D eigenvalue weighted by Crippen LogP contribution is -2.41. The molecule has 1 amide bonds. The first kappa shape index (κ1) is 20.7. The molecule has 1 aliphatic rings. The minimum atomic E-state index is -0.128. The van der Waals surface area contributed by atoms with Gasteiger partial charge in [-0.15, -0.1) is 10.2 Å². The van der Waals surface area contributed by atoms with Crippen LogP contribution in [-0.2, 0) is 4.79 Å². The number of hydrogen-bond donors (Lipinski definition) is 1. The summed E-state index contributed by atoms with van der Waals surface area (Å²) in [6, 6.07) is 3.94. The van der Waals surface area contributed by atoms with Crippen LogP contribution in [0, 0.1) is 19.8 Å². The topological polar surface area (TPSA) is 102 Å². The molecule has 1 aliphatic heterocycles. The lowest BCUT2D eigenvalue weighted by Gasteiger charge is -2.32. The van der Waals surface area contributed by atoms with Crippen LogP contribution in [0.2, 0.25) is 0 Å². The van der Waals surface area contributed by atoms with Crippen molar-refractivity contribution in [1.82, 2.24) is 29.9 Å². The van der Waals surface area contributed by atoms with Gasteiger partial charge in [-0.3, -0.25) is 4.79 Å². The highest BCUT2D eigenvalue weighted by Gasteiger charge is 2.27. The molecule has 158 valence electrons. The van der Waals surface area contributed by atoms with Crippen molar-refractivity contribution in [3.8, 4) is 5.82 Å². The number of aryl methyl sites for hydroxylation is 2. The van der Waals surface area contributed by atoms with Gasteiger partial charge < -0.3 is 10.2 Å². The molecule has 0 aromatic carbocycles. The molecule has 1 unspecified atom stereocenters. The summed E-state index contributed by atoms with van der Waals surface area (Å²) in [5.74, 6) is 2.32. The summed E-state index contributed by atoms with van der Waals surface area (Å²) < 4.78 is 2.69. The SMILES string of the molecule is CCSc1nnc(NC(=O)C2CCCN(c3cc(-n4nc(C)cc4C)ncn3)C2)s1. The zero-order chi connectivity index (χ0) is 21.1. The summed E-state index contributed by atoms with van der Waals surface area (Å²) in [5.41, 5.74) is 1.96. The van der Waals surface area contributed by atoms with Gasteiger partial charge in [0.05, 0.1) is 11.6 Å². The quantitative estimate of drug-likeness (QED) is 0.457. The Bertz CT molecular complexity index is 1030. The van der Waals surface area contributed by atoms with E-state index in [9.17, 15) is 4.79 Å². The van der Waals surface area contributed by atoms with Gasteiger partial charge in [-0.05, 0) is 38.5 Å². The van der Waals surface area contributed by atoms with Crippen LogP contribution in [0.1, 0.15) is 31.2 Å². The maximum atomic E-state index is 12.8. The molecule has 3 aromatic heterocycles. The predicted molar refractivity (Wildman–Crippen MR) is 119 cm³/mol. The van der Waals surface area contributed by atoms with Gasteiger partial charge >= 0.3 is 0 Å². The summed E-state index contributed by atoms with van der Waals surface area (Å²) in [7, 11) is 0. The average molecular weight is 445 g/mol. The number of carbonyl (C=O) groups is 1. The van der Waals surface area contributed by atoms with Crippen molar-refractivity contribution in [2.24, 2.45) is 5.92 Å². The first-order chi connectivity index (χ1) is 14.5. The monoisotopic (exact) mass is 444 g/mol. The van der Waals surface area contributed by atoms with Crippen molar-refractivity contribution in [2.75, 3.05) is 29.1 Å². The third kappa shape index (κ3) is 4.62. The molecule has 0 aliphatic carbocycles. The van der Waals surface area contributed by atoms with Gasteiger partial charge in [0.15, 0.2) is 10.2 Å². The van der Waals surface area contributed by atoms with E-state index in [0.29, 0.717) is 11.7 Å². The molecule has 0 spiro atoms. The molecule has 1 N–H and O–H groups in total. The van der Waals surface area contributed by atoms with Gasteiger partial charge in [0, 0.05) is 24.8 Å². The van der Waals surface area contributed by atoms with E-state index in [2.05, 4.69) is 42.4 Å². The molecule has 11 heteroatoms. The molecule has 1 atom stereocenters. The smallest absolute Gasteiger partial charge is 0.231 e. The molecular formula is C19H24N8OS2. The van der Waals surface area contributed by atoms with E-state index in [1.165, 1.54) is 11.3 Å². The molecule has 30 heavy (non-hydrogen) atoms. The summed E-state index contributed by atoms with van der Waals surface area (Å²) in [5, 5.41) is 16.2. The van der Waals surface area contributed by atoms with E-state index in [-0.39, 0.29) is 11.8 Å². The van der Waals surface area contributed by atoms with Gasteiger partial charge in [0.2, 0.25) is 11.0 Å². The van der Waals surface area contributed by atoms with E-state index < -0.39 is 0 Å². The first-order valence-electron chi connectivity index (χ1n) is 9.91. The Morgan fingerprint density at radius 3 is 2.87 bits per heavy atom. The maximum Gasteiger partial charge on any atom is 0.231 e. The molecule has 9 nitrogen and oxygen atoms in total. The third-order valence-corrected chi connectivity index (χ3v) is 6.74. The van der Waals surface area contributed by atoms with Crippen molar-refractivity contribution in [3.63, 3.8) is 0 Å². The minimum Gasteiger partial charge on any atom is -0.356 e. The Labute approximate surface area is 183 Å². The molecular weight excluding hydrogens is 420 g/mol. The van der Waals surface area contributed by atoms with Crippen LogP contribution in [0.3, 0.4) is 0 Å². The molecule has 1 fully saturated rings. The number of nitrogens with zero attached hydrogens (tertiary/aromatic N) is 7. The lowest BCUT2D eigenvalue weighted by atomic mass is 9.97. The Morgan fingerprint density at radius 2 is 2.10 bits per heavy atom. The highest BCUT2D eigenvalue weighted by atomic mass is 32.2. The second kappa shape index (κ2) is 9.09. The van der Waals surface area contributed by atoms with Crippen LogP contribution in [0.25, 0.3) is 5.82 Å². The fraction of sp³-hybridized carbons (Fsp3) is 0.474. The molecule has 0 bridgehead atoms. The van der Waals surface area contributed by atoms with E-state index in [0.717, 1.165) is 52.5 Å². The lowest BCUT2D eigenvalue weighted by molar-refractivity contribution is -0.120. The normalized spacial score (nSPS) is 16.6. The number of piperidine rings is 1. The van der Waals surface area contributed by atoms with Gasteiger partial charge in [-0.25, -0.2) is 14.6 Å². The van der Waals surface area contributed by atoms with E-state index in [4.69, 9.17) is 0 Å². The van der Waals surface area contributed by atoms with Crippen LogP contribution < -0.4 is 10.2 Å². The highest BCUT2D eigenvalue weighted by Crippen LogP contribution is 2.27. The summed E-state index contributed by atoms with van der Waals surface area (Å²) in [4.78, 5) is 23.8. The minimum absolute atomic E-state index is 0.0169. The number of rotatable bonds is 6. The van der Waals surface area contributed by atoms with Crippen molar-refractivity contribution in [2.45, 2.75) is 38.0 Å². The van der Waals surface area contributed by atoms with Gasteiger partial charge in [0.25, 0.3) is 0 Å². The number of anilines is 2. The zero-order valence-corrected chi connectivity index (χ0v) is 18.8. The van der Waals surface area contributed by atoms with Crippen molar-refractivity contribution in [3.05, 3.63) is 29.8 Å². The molecule has 4 heterocycles. The Hall–Kier alpha value is -2.53. The molecule has 0 radical (unpaired) electrons. The molecule has 4 rings (SSSR count). The highest BCUT2D eigenvalue weighted by molar-refractivity contribution is 8.01. The fourth-order valence-corrected chi connectivity index (χ4v) is 5.19. The molecule has 1 saturated heterocycles. The van der Waals surface area contributed by atoms with E-state index in [1.54, 1.807) is 18.1 Å². The summed E-state index contributed by atoms with van der Waals surface area (Å²) >= 11 is 3.04. The summed E-state index contributed by atoms with van der Waals surface area (Å²) in [6.45, 7) is 7.48. The van der Waals surface area contributed by atoms with E-state index in [1.807, 2.05) is 30.7 Å². The number of thioether (sulfide) groups is 1. The van der Waals surface area contributed by atoms with E-state index >= 15 is 0 Å². The second-order valence-electron chi connectivity index (χ2n) is 7.15. The molecule has 3 aromatic rings. The van der Waals surface area contributed by atoms with Crippen LogP contribution in [0.15, 0.2) is 22.8 Å². The number of amides is 1. The van der Waals surface area contributed by atoms with Crippen molar-refractivity contribution >= 4 is 40.0 Å². The van der Waals surface area contributed by atoms with Crippen LogP contribution in [0.4, 0.5) is 10.9 Å². The third-order valence-electron chi connectivity index (χ3n) is 4.89. The van der Waals surface area contributed by atoms with Crippen molar-refractivity contribution < 1.29 is 4.79 Å². The molecule has 0 saturated carbocycles. The Balaban J connectivity index is 1.45. The zero-order valence-electron chi connectivity index (χ0n) is 17.2. The fourth-order valence-electron chi connectivity index (χ4n) is 3.54. The first-order valence-corrected chi connectivity index (χ1v) is 11.7. The number of nitrogens with one attached hydrogen (secondary N) is 1. The predicted octanol–water partition coefficient (Wildman–Crippen LogP) is 3.10. The van der Waals surface area contributed by atoms with Crippen molar-refractivity contribution in [1.29, 1.82) is 0 Å².